The van der Waals surface area contributed by atoms with Crippen LogP contribution in [-0.2, 0) is 11.3 Å². The Balaban J connectivity index is 1.99. The predicted molar refractivity (Wildman–Crippen MR) is 59.7 cm³/mol. The van der Waals surface area contributed by atoms with Crippen molar-refractivity contribution in [2.45, 2.75) is 26.9 Å². The SMILES string of the molecule is CCCNCCOCc1csc(C)n1. The Labute approximate surface area is 89.5 Å². The molecule has 0 amide bonds. The van der Waals surface area contributed by atoms with Crippen LogP contribution in [0.3, 0.4) is 0 Å². The third-order valence-corrected chi connectivity index (χ3v) is 2.59. The summed E-state index contributed by atoms with van der Waals surface area (Å²) in [5, 5.41) is 6.44. The van der Waals surface area contributed by atoms with Gasteiger partial charge in [0.05, 0.1) is 23.9 Å². The highest BCUT2D eigenvalue weighted by Gasteiger charge is 1.97. The molecule has 0 aliphatic heterocycles. The fraction of sp³-hybridized carbons (Fsp3) is 0.700. The van der Waals surface area contributed by atoms with Crippen LogP contribution in [-0.4, -0.2) is 24.7 Å². The fourth-order valence-electron chi connectivity index (χ4n) is 1.10. The average Bonchev–Trinajstić information content (AvgIpc) is 2.58. The summed E-state index contributed by atoms with van der Waals surface area (Å²) in [6.07, 6.45) is 1.17. The number of thiazole rings is 1. The van der Waals surface area contributed by atoms with E-state index in [-0.39, 0.29) is 0 Å². The van der Waals surface area contributed by atoms with Gasteiger partial charge in [0.2, 0.25) is 0 Å². The Hall–Kier alpha value is -0.450. The molecular weight excluding hydrogens is 196 g/mol. The minimum absolute atomic E-state index is 0.637. The molecule has 3 nitrogen and oxygen atoms in total. The summed E-state index contributed by atoms with van der Waals surface area (Å²) < 4.78 is 5.46. The minimum Gasteiger partial charge on any atom is -0.374 e. The number of rotatable bonds is 7. The van der Waals surface area contributed by atoms with Gasteiger partial charge in [-0.1, -0.05) is 6.92 Å². The van der Waals surface area contributed by atoms with Crippen molar-refractivity contribution in [3.8, 4) is 0 Å². The Morgan fingerprint density at radius 2 is 2.36 bits per heavy atom. The van der Waals surface area contributed by atoms with Gasteiger partial charge in [-0.05, 0) is 19.9 Å². The molecule has 0 aliphatic carbocycles. The lowest BCUT2D eigenvalue weighted by Gasteiger charge is -2.03. The first kappa shape index (κ1) is 11.6. The summed E-state index contributed by atoms with van der Waals surface area (Å²) in [5.41, 5.74) is 1.04. The molecule has 0 fully saturated rings. The molecule has 0 unspecified atom stereocenters. The van der Waals surface area contributed by atoms with E-state index < -0.39 is 0 Å². The average molecular weight is 214 g/mol. The fourth-order valence-corrected chi connectivity index (χ4v) is 1.69. The molecule has 14 heavy (non-hydrogen) atoms. The lowest BCUT2D eigenvalue weighted by atomic mass is 10.5. The highest BCUT2D eigenvalue weighted by atomic mass is 32.1. The van der Waals surface area contributed by atoms with Crippen LogP contribution in [0.5, 0.6) is 0 Å². The summed E-state index contributed by atoms with van der Waals surface area (Å²) in [6.45, 7) is 7.56. The van der Waals surface area contributed by atoms with Crippen molar-refractivity contribution in [1.29, 1.82) is 0 Å². The highest BCUT2D eigenvalue weighted by Crippen LogP contribution is 2.08. The second-order valence-corrected chi connectivity index (χ2v) is 4.22. The topological polar surface area (TPSA) is 34.1 Å². The van der Waals surface area contributed by atoms with Crippen molar-refractivity contribution in [3.05, 3.63) is 16.1 Å². The summed E-state index contributed by atoms with van der Waals surface area (Å²) in [7, 11) is 0. The van der Waals surface area contributed by atoms with E-state index in [1.165, 1.54) is 6.42 Å². The maximum absolute atomic E-state index is 5.46. The number of nitrogens with one attached hydrogen (secondary N) is 1. The van der Waals surface area contributed by atoms with Gasteiger partial charge in [0.25, 0.3) is 0 Å². The number of aryl methyl sites for hydroxylation is 1. The second kappa shape index (κ2) is 6.92. The number of hydrogen-bond donors (Lipinski definition) is 1. The van der Waals surface area contributed by atoms with Crippen LogP contribution in [0.4, 0.5) is 0 Å². The first-order chi connectivity index (χ1) is 6.83. The van der Waals surface area contributed by atoms with Crippen molar-refractivity contribution in [2.24, 2.45) is 0 Å². The molecule has 1 heterocycles. The van der Waals surface area contributed by atoms with E-state index >= 15 is 0 Å². The molecule has 0 aliphatic rings. The third kappa shape index (κ3) is 4.69. The van der Waals surface area contributed by atoms with Crippen LogP contribution in [0, 0.1) is 6.92 Å². The van der Waals surface area contributed by atoms with Crippen LogP contribution in [0.1, 0.15) is 24.0 Å². The summed E-state index contributed by atoms with van der Waals surface area (Å²) in [5.74, 6) is 0. The lowest BCUT2D eigenvalue weighted by molar-refractivity contribution is 0.120. The van der Waals surface area contributed by atoms with Crippen molar-refractivity contribution >= 4 is 11.3 Å². The molecule has 80 valence electrons. The maximum Gasteiger partial charge on any atom is 0.0898 e. The normalized spacial score (nSPS) is 10.7. The first-order valence-corrected chi connectivity index (χ1v) is 5.90. The Bertz CT molecular complexity index is 250. The van der Waals surface area contributed by atoms with E-state index in [0.717, 1.165) is 30.4 Å². The van der Waals surface area contributed by atoms with Gasteiger partial charge >= 0.3 is 0 Å². The summed E-state index contributed by atoms with van der Waals surface area (Å²) in [4.78, 5) is 4.32. The molecule has 1 N–H and O–H groups in total. The molecular formula is C10H18N2OS. The summed E-state index contributed by atoms with van der Waals surface area (Å²) in [6, 6.07) is 0. The predicted octanol–water partition coefficient (Wildman–Crippen LogP) is 1.97. The quantitative estimate of drug-likeness (QED) is 0.705. The lowest BCUT2D eigenvalue weighted by Crippen LogP contribution is -2.20. The van der Waals surface area contributed by atoms with Gasteiger partial charge in [0.15, 0.2) is 0 Å². The molecule has 1 rings (SSSR count). The highest BCUT2D eigenvalue weighted by molar-refractivity contribution is 7.09. The second-order valence-electron chi connectivity index (χ2n) is 3.16. The van der Waals surface area contributed by atoms with E-state index in [0.29, 0.717) is 6.61 Å². The molecule has 4 heteroatoms. The first-order valence-electron chi connectivity index (χ1n) is 5.02. The van der Waals surface area contributed by atoms with Gasteiger partial charge in [-0.3, -0.25) is 0 Å². The largest absolute Gasteiger partial charge is 0.374 e. The van der Waals surface area contributed by atoms with Crippen molar-refractivity contribution in [3.63, 3.8) is 0 Å². The van der Waals surface area contributed by atoms with Gasteiger partial charge < -0.3 is 10.1 Å². The smallest absolute Gasteiger partial charge is 0.0898 e. The van der Waals surface area contributed by atoms with Crippen LogP contribution >= 0.6 is 11.3 Å². The molecule has 0 aromatic carbocycles. The molecule has 0 bridgehead atoms. The van der Waals surface area contributed by atoms with Crippen LogP contribution in [0.15, 0.2) is 5.38 Å². The molecule has 0 saturated carbocycles. The number of ether oxygens (including phenoxy) is 1. The van der Waals surface area contributed by atoms with Gasteiger partial charge in [-0.2, -0.15) is 0 Å². The van der Waals surface area contributed by atoms with Gasteiger partial charge in [-0.25, -0.2) is 4.98 Å². The van der Waals surface area contributed by atoms with Gasteiger partial charge in [0, 0.05) is 11.9 Å². The van der Waals surface area contributed by atoms with Crippen LogP contribution < -0.4 is 5.32 Å². The van der Waals surface area contributed by atoms with Gasteiger partial charge in [0.1, 0.15) is 0 Å². The number of aromatic nitrogens is 1. The van der Waals surface area contributed by atoms with E-state index in [1.54, 1.807) is 11.3 Å². The zero-order chi connectivity index (χ0) is 10.2. The van der Waals surface area contributed by atoms with E-state index in [9.17, 15) is 0 Å². The van der Waals surface area contributed by atoms with E-state index in [4.69, 9.17) is 4.74 Å². The van der Waals surface area contributed by atoms with Crippen molar-refractivity contribution in [2.75, 3.05) is 19.7 Å². The third-order valence-electron chi connectivity index (χ3n) is 1.77. The Morgan fingerprint density at radius 1 is 1.50 bits per heavy atom. The molecule has 1 aromatic heterocycles. The molecule has 0 spiro atoms. The van der Waals surface area contributed by atoms with E-state index in [1.807, 2.05) is 6.92 Å². The Kier molecular flexibility index (Phi) is 5.75. The monoisotopic (exact) mass is 214 g/mol. The zero-order valence-corrected chi connectivity index (χ0v) is 9.69. The van der Waals surface area contributed by atoms with Crippen LogP contribution in [0.25, 0.3) is 0 Å². The van der Waals surface area contributed by atoms with E-state index in [2.05, 4.69) is 22.6 Å². The number of hydrogen-bond acceptors (Lipinski definition) is 4. The molecule has 0 radical (unpaired) electrons. The van der Waals surface area contributed by atoms with Gasteiger partial charge in [-0.15, -0.1) is 11.3 Å². The zero-order valence-electron chi connectivity index (χ0n) is 8.88. The molecule has 1 aromatic rings. The minimum atomic E-state index is 0.637. The Morgan fingerprint density at radius 3 is 3.00 bits per heavy atom. The molecule has 0 saturated heterocycles. The van der Waals surface area contributed by atoms with Crippen molar-refractivity contribution < 1.29 is 4.74 Å². The molecule has 0 atom stereocenters. The standard InChI is InChI=1S/C10H18N2OS/c1-3-4-11-5-6-13-7-10-8-14-9(2)12-10/h8,11H,3-7H2,1-2H3. The number of nitrogens with zero attached hydrogens (tertiary/aromatic N) is 1. The van der Waals surface area contributed by atoms with Crippen LogP contribution in [0.2, 0.25) is 0 Å². The van der Waals surface area contributed by atoms with Crippen molar-refractivity contribution in [1.82, 2.24) is 10.3 Å². The summed E-state index contributed by atoms with van der Waals surface area (Å²) >= 11 is 1.67. The maximum atomic E-state index is 5.46.